The SMILES string of the molecule is CNCc1cc(S(=O)(=O)N2CCOC3CCCC32)c[nH]1. The summed E-state index contributed by atoms with van der Waals surface area (Å²) in [6.45, 7) is 1.58. The number of ether oxygens (including phenoxy) is 1. The first-order valence-corrected chi connectivity index (χ1v) is 8.52. The van der Waals surface area contributed by atoms with E-state index in [1.165, 1.54) is 0 Å². The van der Waals surface area contributed by atoms with Crippen LogP contribution in [0, 0.1) is 0 Å². The Hall–Kier alpha value is -0.890. The Kier molecular flexibility index (Phi) is 3.85. The summed E-state index contributed by atoms with van der Waals surface area (Å²) in [5, 5.41) is 3.01. The van der Waals surface area contributed by atoms with Crippen molar-refractivity contribution in [1.29, 1.82) is 0 Å². The maximum Gasteiger partial charge on any atom is 0.245 e. The first-order chi connectivity index (χ1) is 9.63. The van der Waals surface area contributed by atoms with Gasteiger partial charge in [0.15, 0.2) is 0 Å². The molecule has 1 aromatic rings. The van der Waals surface area contributed by atoms with Crippen LogP contribution in [-0.2, 0) is 21.3 Å². The van der Waals surface area contributed by atoms with Gasteiger partial charge < -0.3 is 15.0 Å². The van der Waals surface area contributed by atoms with E-state index in [1.54, 1.807) is 16.6 Å². The minimum absolute atomic E-state index is 0.0106. The maximum atomic E-state index is 12.8. The van der Waals surface area contributed by atoms with E-state index in [0.29, 0.717) is 24.6 Å². The lowest BCUT2D eigenvalue weighted by molar-refractivity contribution is -0.0241. The van der Waals surface area contributed by atoms with Crippen LogP contribution in [-0.4, -0.2) is 50.1 Å². The summed E-state index contributed by atoms with van der Waals surface area (Å²) in [4.78, 5) is 3.37. The van der Waals surface area contributed by atoms with Crippen molar-refractivity contribution in [3.63, 3.8) is 0 Å². The Morgan fingerprint density at radius 1 is 1.50 bits per heavy atom. The van der Waals surface area contributed by atoms with Crippen LogP contribution >= 0.6 is 0 Å². The lowest BCUT2D eigenvalue weighted by atomic mass is 10.2. The number of fused-ring (bicyclic) bond motifs is 1. The number of morpholine rings is 1. The molecule has 2 fully saturated rings. The zero-order chi connectivity index (χ0) is 14.2. The predicted molar refractivity (Wildman–Crippen MR) is 74.8 cm³/mol. The molecule has 0 aromatic carbocycles. The molecule has 1 saturated carbocycles. The van der Waals surface area contributed by atoms with Crippen molar-refractivity contribution < 1.29 is 13.2 Å². The normalized spacial score (nSPS) is 27.6. The Morgan fingerprint density at radius 3 is 3.15 bits per heavy atom. The van der Waals surface area contributed by atoms with Gasteiger partial charge in [-0.25, -0.2) is 8.42 Å². The molecule has 1 aliphatic heterocycles. The first kappa shape index (κ1) is 14.1. The molecule has 6 nitrogen and oxygen atoms in total. The monoisotopic (exact) mass is 299 g/mol. The van der Waals surface area contributed by atoms with E-state index in [1.807, 2.05) is 7.05 Å². The highest BCUT2D eigenvalue weighted by molar-refractivity contribution is 7.89. The van der Waals surface area contributed by atoms with Crippen molar-refractivity contribution >= 4 is 10.0 Å². The fraction of sp³-hybridized carbons (Fsp3) is 0.692. The lowest BCUT2D eigenvalue weighted by Gasteiger charge is -2.36. The molecular formula is C13H21N3O3S. The highest BCUT2D eigenvalue weighted by atomic mass is 32.2. The molecule has 3 rings (SSSR count). The average Bonchev–Trinajstić information content (AvgIpc) is 3.06. The van der Waals surface area contributed by atoms with Gasteiger partial charge in [0.05, 0.1) is 23.6 Å². The molecule has 2 heterocycles. The maximum absolute atomic E-state index is 12.8. The summed E-state index contributed by atoms with van der Waals surface area (Å²) in [5.74, 6) is 0. The van der Waals surface area contributed by atoms with Gasteiger partial charge in [0, 0.05) is 25.0 Å². The Balaban J connectivity index is 1.86. The van der Waals surface area contributed by atoms with Crippen LogP contribution in [0.1, 0.15) is 25.0 Å². The summed E-state index contributed by atoms with van der Waals surface area (Å²) in [6.07, 6.45) is 4.57. The molecule has 2 atom stereocenters. The minimum Gasteiger partial charge on any atom is -0.375 e. The molecule has 1 aliphatic carbocycles. The second kappa shape index (κ2) is 5.48. The van der Waals surface area contributed by atoms with Gasteiger partial charge in [-0.15, -0.1) is 0 Å². The fourth-order valence-corrected chi connectivity index (χ4v) is 4.87. The molecule has 1 saturated heterocycles. The molecular weight excluding hydrogens is 278 g/mol. The third kappa shape index (κ3) is 2.39. The van der Waals surface area contributed by atoms with E-state index < -0.39 is 10.0 Å². The van der Waals surface area contributed by atoms with Gasteiger partial charge in [0.25, 0.3) is 0 Å². The number of hydrogen-bond acceptors (Lipinski definition) is 4. The quantitative estimate of drug-likeness (QED) is 0.857. The molecule has 2 N–H and O–H groups in total. The number of aromatic nitrogens is 1. The van der Waals surface area contributed by atoms with Crippen molar-refractivity contribution in [2.75, 3.05) is 20.2 Å². The van der Waals surface area contributed by atoms with Gasteiger partial charge in [0.1, 0.15) is 0 Å². The summed E-state index contributed by atoms with van der Waals surface area (Å²) >= 11 is 0. The fourth-order valence-electron chi connectivity index (χ4n) is 3.18. The Morgan fingerprint density at radius 2 is 2.35 bits per heavy atom. The second-order valence-corrected chi connectivity index (χ2v) is 7.30. The van der Waals surface area contributed by atoms with Gasteiger partial charge in [-0.05, 0) is 32.4 Å². The molecule has 0 amide bonds. The highest BCUT2D eigenvalue weighted by Gasteiger charge is 2.42. The number of nitrogens with zero attached hydrogens (tertiary/aromatic N) is 1. The van der Waals surface area contributed by atoms with Gasteiger partial charge in [-0.3, -0.25) is 0 Å². The van der Waals surface area contributed by atoms with Crippen molar-refractivity contribution in [3.05, 3.63) is 18.0 Å². The topological polar surface area (TPSA) is 74.4 Å². The van der Waals surface area contributed by atoms with Crippen molar-refractivity contribution in [3.8, 4) is 0 Å². The van der Waals surface area contributed by atoms with Gasteiger partial charge in [-0.1, -0.05) is 0 Å². The molecule has 0 radical (unpaired) electrons. The van der Waals surface area contributed by atoms with E-state index in [-0.39, 0.29) is 12.1 Å². The zero-order valence-electron chi connectivity index (χ0n) is 11.6. The van der Waals surface area contributed by atoms with Crippen LogP contribution in [0.15, 0.2) is 17.2 Å². The van der Waals surface area contributed by atoms with E-state index in [4.69, 9.17) is 4.74 Å². The highest BCUT2D eigenvalue weighted by Crippen LogP contribution is 2.33. The van der Waals surface area contributed by atoms with Gasteiger partial charge >= 0.3 is 0 Å². The third-order valence-corrected chi connectivity index (χ3v) is 6.02. The number of sulfonamides is 1. The van der Waals surface area contributed by atoms with Crippen LogP contribution in [0.5, 0.6) is 0 Å². The number of hydrogen-bond donors (Lipinski definition) is 2. The van der Waals surface area contributed by atoms with Crippen LogP contribution < -0.4 is 5.32 Å². The second-order valence-electron chi connectivity index (χ2n) is 5.41. The van der Waals surface area contributed by atoms with Crippen molar-refractivity contribution in [2.45, 2.75) is 42.8 Å². The summed E-state index contributed by atoms with van der Waals surface area (Å²) < 4.78 is 32.9. The molecule has 0 spiro atoms. The van der Waals surface area contributed by atoms with Crippen molar-refractivity contribution in [1.82, 2.24) is 14.6 Å². The smallest absolute Gasteiger partial charge is 0.245 e. The van der Waals surface area contributed by atoms with Crippen molar-refractivity contribution in [2.24, 2.45) is 0 Å². The molecule has 1 aromatic heterocycles. The lowest BCUT2D eigenvalue weighted by Crippen LogP contribution is -2.51. The molecule has 2 aliphatic rings. The largest absolute Gasteiger partial charge is 0.375 e. The molecule has 7 heteroatoms. The number of H-pyrrole nitrogens is 1. The van der Waals surface area contributed by atoms with Gasteiger partial charge in [-0.2, -0.15) is 4.31 Å². The zero-order valence-corrected chi connectivity index (χ0v) is 12.4. The molecule has 0 bridgehead atoms. The number of aromatic amines is 1. The van der Waals surface area contributed by atoms with E-state index in [9.17, 15) is 8.42 Å². The predicted octanol–water partition coefficient (Wildman–Crippen LogP) is 0.676. The average molecular weight is 299 g/mol. The third-order valence-electron chi connectivity index (χ3n) is 4.12. The summed E-state index contributed by atoms with van der Waals surface area (Å²) in [7, 11) is -1.59. The van der Waals surface area contributed by atoms with E-state index in [2.05, 4.69) is 10.3 Å². The first-order valence-electron chi connectivity index (χ1n) is 7.08. The van der Waals surface area contributed by atoms with Crippen LogP contribution in [0.3, 0.4) is 0 Å². The Bertz CT molecular complexity index is 569. The van der Waals surface area contributed by atoms with E-state index in [0.717, 1.165) is 25.0 Å². The molecule has 112 valence electrons. The standard InChI is InChI=1S/C13H21N3O3S/c1-14-8-10-7-11(9-15-10)20(17,18)16-5-6-19-13-4-2-3-12(13)16/h7,9,12-15H,2-6,8H2,1H3. The van der Waals surface area contributed by atoms with E-state index >= 15 is 0 Å². The summed E-state index contributed by atoms with van der Waals surface area (Å²) in [6, 6.07) is 1.72. The molecule has 2 unspecified atom stereocenters. The van der Waals surface area contributed by atoms with Crippen LogP contribution in [0.4, 0.5) is 0 Å². The van der Waals surface area contributed by atoms with Crippen LogP contribution in [0.2, 0.25) is 0 Å². The Labute approximate surface area is 119 Å². The number of nitrogens with one attached hydrogen (secondary N) is 2. The summed E-state index contributed by atoms with van der Waals surface area (Å²) in [5.41, 5.74) is 0.877. The number of rotatable bonds is 4. The van der Waals surface area contributed by atoms with Crippen LogP contribution in [0.25, 0.3) is 0 Å². The molecule has 20 heavy (non-hydrogen) atoms. The van der Waals surface area contributed by atoms with Gasteiger partial charge in [0.2, 0.25) is 10.0 Å². The minimum atomic E-state index is -3.42.